The van der Waals surface area contributed by atoms with Crippen molar-refractivity contribution in [1.82, 2.24) is 0 Å². The van der Waals surface area contributed by atoms with Gasteiger partial charge in [-0.05, 0) is 12.0 Å². The first kappa shape index (κ1) is 10.4. The van der Waals surface area contributed by atoms with E-state index in [1.807, 2.05) is 0 Å². The summed E-state index contributed by atoms with van der Waals surface area (Å²) in [6, 6.07) is 6.70. The Kier molecular flexibility index (Phi) is 3.40. The number of rotatable bonds is 4. The van der Waals surface area contributed by atoms with Crippen LogP contribution in [0.3, 0.4) is 0 Å². The number of aryl methyl sites for hydroxylation is 1. The summed E-state index contributed by atoms with van der Waals surface area (Å²) in [6.07, 6.45) is 1.98. The largest absolute Gasteiger partial charge is 0.475 e. The van der Waals surface area contributed by atoms with Crippen molar-refractivity contribution in [3.8, 4) is 0 Å². The van der Waals surface area contributed by atoms with Crippen LogP contribution in [0.4, 0.5) is 0 Å². The van der Waals surface area contributed by atoms with Crippen LogP contribution in [0.1, 0.15) is 29.3 Å². The molecule has 0 aromatic heterocycles. The maximum Gasteiger partial charge on any atom is 0.377 e. The summed E-state index contributed by atoms with van der Waals surface area (Å²) in [6.45, 7) is 2.07. The molecule has 0 saturated heterocycles. The first-order valence-corrected chi connectivity index (χ1v) is 4.51. The van der Waals surface area contributed by atoms with Crippen LogP contribution in [-0.4, -0.2) is 16.9 Å². The fraction of sp³-hybridized carbons (Fsp3) is 0.273. The van der Waals surface area contributed by atoms with Crippen molar-refractivity contribution < 1.29 is 14.7 Å². The molecule has 0 saturated carbocycles. The summed E-state index contributed by atoms with van der Waals surface area (Å²) >= 11 is 0. The van der Waals surface area contributed by atoms with E-state index in [2.05, 4.69) is 6.92 Å². The van der Waals surface area contributed by atoms with E-state index in [-0.39, 0.29) is 5.56 Å². The van der Waals surface area contributed by atoms with E-state index in [0.29, 0.717) is 0 Å². The van der Waals surface area contributed by atoms with Gasteiger partial charge in [-0.15, -0.1) is 0 Å². The molecular weight excluding hydrogens is 180 g/mol. The van der Waals surface area contributed by atoms with Crippen molar-refractivity contribution in [1.29, 1.82) is 0 Å². The van der Waals surface area contributed by atoms with Gasteiger partial charge in [-0.25, -0.2) is 4.79 Å². The molecule has 1 aromatic rings. The molecule has 1 aromatic carbocycles. The van der Waals surface area contributed by atoms with Crippen molar-refractivity contribution in [2.75, 3.05) is 0 Å². The molecule has 74 valence electrons. The van der Waals surface area contributed by atoms with E-state index in [9.17, 15) is 9.59 Å². The summed E-state index contributed by atoms with van der Waals surface area (Å²) < 4.78 is 0. The van der Waals surface area contributed by atoms with Gasteiger partial charge in [0.2, 0.25) is 0 Å². The van der Waals surface area contributed by atoms with Crippen LogP contribution in [0.2, 0.25) is 0 Å². The van der Waals surface area contributed by atoms with Gasteiger partial charge in [0.05, 0.1) is 0 Å². The fourth-order valence-electron chi connectivity index (χ4n) is 1.23. The zero-order valence-electron chi connectivity index (χ0n) is 7.99. The zero-order chi connectivity index (χ0) is 10.6. The Morgan fingerprint density at radius 2 is 1.79 bits per heavy atom. The maximum atomic E-state index is 11.0. The molecule has 0 aliphatic carbocycles. The number of hydrogen-bond acceptors (Lipinski definition) is 2. The second-order valence-electron chi connectivity index (χ2n) is 3.08. The molecule has 1 N–H and O–H groups in total. The first-order valence-electron chi connectivity index (χ1n) is 4.51. The lowest BCUT2D eigenvalue weighted by molar-refractivity contribution is -0.131. The minimum absolute atomic E-state index is 0.234. The minimum atomic E-state index is -1.41. The van der Waals surface area contributed by atoms with E-state index in [4.69, 9.17) is 5.11 Å². The van der Waals surface area contributed by atoms with E-state index in [1.165, 1.54) is 0 Å². The number of aliphatic carboxylic acids is 1. The van der Waals surface area contributed by atoms with Gasteiger partial charge in [0.25, 0.3) is 5.78 Å². The highest BCUT2D eigenvalue weighted by molar-refractivity contribution is 6.39. The van der Waals surface area contributed by atoms with Gasteiger partial charge in [0.15, 0.2) is 0 Å². The van der Waals surface area contributed by atoms with Crippen molar-refractivity contribution in [2.45, 2.75) is 19.8 Å². The predicted octanol–water partition coefficient (Wildman–Crippen LogP) is 1.91. The second kappa shape index (κ2) is 4.56. The van der Waals surface area contributed by atoms with E-state index < -0.39 is 11.8 Å². The number of hydrogen-bond donors (Lipinski definition) is 1. The number of carbonyl (C=O) groups excluding carboxylic acids is 1. The van der Waals surface area contributed by atoms with Gasteiger partial charge in [-0.1, -0.05) is 37.6 Å². The molecule has 3 nitrogen and oxygen atoms in total. The highest BCUT2D eigenvalue weighted by Gasteiger charge is 2.13. The standard InChI is InChI=1S/C11H12O3/c1-2-3-8-4-6-9(7-5-8)10(12)11(13)14/h4-7H,2-3H2,1H3,(H,13,14). The Hall–Kier alpha value is -1.64. The summed E-state index contributed by atoms with van der Waals surface area (Å²) in [5.74, 6) is -2.26. The lowest BCUT2D eigenvalue weighted by Crippen LogP contribution is -2.12. The Labute approximate surface area is 82.4 Å². The number of benzene rings is 1. The SMILES string of the molecule is CCCc1ccc(C(=O)C(=O)O)cc1. The highest BCUT2D eigenvalue weighted by Crippen LogP contribution is 2.07. The van der Waals surface area contributed by atoms with E-state index in [1.54, 1.807) is 24.3 Å². The normalized spacial score (nSPS) is 9.79. The van der Waals surface area contributed by atoms with Crippen molar-refractivity contribution in [3.05, 3.63) is 35.4 Å². The molecule has 0 bridgehead atoms. The summed E-state index contributed by atoms with van der Waals surface area (Å²) in [7, 11) is 0. The molecule has 0 amide bonds. The molecular formula is C11H12O3. The van der Waals surface area contributed by atoms with Crippen LogP contribution < -0.4 is 0 Å². The van der Waals surface area contributed by atoms with Crippen LogP contribution in [0.15, 0.2) is 24.3 Å². The second-order valence-corrected chi connectivity index (χ2v) is 3.08. The van der Waals surface area contributed by atoms with Crippen molar-refractivity contribution in [3.63, 3.8) is 0 Å². The average molecular weight is 192 g/mol. The van der Waals surface area contributed by atoms with Gasteiger partial charge in [0, 0.05) is 5.56 Å². The molecule has 1 rings (SSSR count). The van der Waals surface area contributed by atoms with E-state index in [0.717, 1.165) is 18.4 Å². The maximum absolute atomic E-state index is 11.0. The Balaban J connectivity index is 2.83. The Morgan fingerprint density at radius 1 is 1.21 bits per heavy atom. The lowest BCUT2D eigenvalue weighted by atomic mass is 10.1. The monoisotopic (exact) mass is 192 g/mol. The molecule has 0 heterocycles. The lowest BCUT2D eigenvalue weighted by Gasteiger charge is -1.99. The van der Waals surface area contributed by atoms with Crippen molar-refractivity contribution in [2.24, 2.45) is 0 Å². The molecule has 0 spiro atoms. The number of carbonyl (C=O) groups is 2. The smallest absolute Gasteiger partial charge is 0.377 e. The zero-order valence-corrected chi connectivity index (χ0v) is 7.99. The number of carboxylic acid groups (broad SMARTS) is 1. The average Bonchev–Trinajstić information content (AvgIpc) is 2.18. The Bertz CT molecular complexity index is 338. The minimum Gasteiger partial charge on any atom is -0.475 e. The summed E-state index contributed by atoms with van der Waals surface area (Å²) in [5, 5.41) is 8.46. The number of ketones is 1. The summed E-state index contributed by atoms with van der Waals surface area (Å²) in [5.41, 5.74) is 1.35. The number of Topliss-reactive ketones (excluding diaryl/α,β-unsaturated/α-hetero) is 1. The molecule has 0 radical (unpaired) electrons. The molecule has 0 unspecified atom stereocenters. The van der Waals surface area contributed by atoms with Gasteiger partial charge >= 0.3 is 5.97 Å². The third kappa shape index (κ3) is 2.42. The fourth-order valence-corrected chi connectivity index (χ4v) is 1.23. The van der Waals surface area contributed by atoms with Crippen LogP contribution >= 0.6 is 0 Å². The van der Waals surface area contributed by atoms with Gasteiger partial charge in [0.1, 0.15) is 0 Å². The van der Waals surface area contributed by atoms with Crippen LogP contribution in [-0.2, 0) is 11.2 Å². The summed E-state index contributed by atoms with van der Waals surface area (Å²) in [4.78, 5) is 21.4. The molecule has 0 atom stereocenters. The molecule has 14 heavy (non-hydrogen) atoms. The first-order chi connectivity index (χ1) is 6.65. The third-order valence-corrected chi connectivity index (χ3v) is 1.95. The van der Waals surface area contributed by atoms with Gasteiger partial charge in [-0.2, -0.15) is 0 Å². The topological polar surface area (TPSA) is 54.4 Å². The highest BCUT2D eigenvalue weighted by atomic mass is 16.4. The van der Waals surface area contributed by atoms with Crippen LogP contribution in [0.5, 0.6) is 0 Å². The molecule has 0 aliphatic rings. The van der Waals surface area contributed by atoms with Crippen LogP contribution in [0, 0.1) is 0 Å². The third-order valence-electron chi connectivity index (χ3n) is 1.95. The molecule has 0 aliphatic heterocycles. The van der Waals surface area contributed by atoms with Crippen molar-refractivity contribution >= 4 is 11.8 Å². The van der Waals surface area contributed by atoms with Gasteiger partial charge < -0.3 is 5.11 Å². The molecule has 0 fully saturated rings. The van der Waals surface area contributed by atoms with E-state index >= 15 is 0 Å². The molecule has 3 heteroatoms. The van der Waals surface area contributed by atoms with Crippen LogP contribution in [0.25, 0.3) is 0 Å². The predicted molar refractivity (Wildman–Crippen MR) is 52.4 cm³/mol. The quantitative estimate of drug-likeness (QED) is 0.585. The number of carboxylic acids is 1. The van der Waals surface area contributed by atoms with Gasteiger partial charge in [-0.3, -0.25) is 4.79 Å². The Morgan fingerprint density at radius 3 is 2.21 bits per heavy atom.